The first-order valence-corrected chi connectivity index (χ1v) is 5.24. The van der Waals surface area contributed by atoms with Crippen LogP contribution in [-0.2, 0) is 9.59 Å². The van der Waals surface area contributed by atoms with Gasteiger partial charge in [0.25, 0.3) is 0 Å². The highest BCUT2D eigenvalue weighted by molar-refractivity contribution is 5.87. The second kappa shape index (κ2) is 7.63. The minimum atomic E-state index is -0.485. The normalized spacial score (nSPS) is 13.1. The Morgan fingerprint density at radius 1 is 1.38 bits per heavy atom. The largest absolute Gasteiger partial charge is 0.349 e. The Hall–Kier alpha value is -1.64. The van der Waals surface area contributed by atoms with E-state index in [2.05, 4.69) is 18.5 Å². The molecule has 0 saturated heterocycles. The molecule has 1 unspecified atom stereocenters. The molecule has 1 amide bonds. The van der Waals surface area contributed by atoms with Gasteiger partial charge in [0.15, 0.2) is 5.78 Å². The molecule has 0 aliphatic carbocycles. The third-order valence-corrected chi connectivity index (χ3v) is 2.22. The van der Waals surface area contributed by atoms with Crippen molar-refractivity contribution in [3.8, 4) is 0 Å². The summed E-state index contributed by atoms with van der Waals surface area (Å²) >= 11 is 0. The maximum absolute atomic E-state index is 11.8. The fourth-order valence-electron chi connectivity index (χ4n) is 1.33. The summed E-state index contributed by atoms with van der Waals surface area (Å²) in [6.07, 6.45) is 6.08. The molecule has 0 aromatic carbocycles. The van der Waals surface area contributed by atoms with Crippen molar-refractivity contribution in [2.24, 2.45) is 5.92 Å². The highest BCUT2D eigenvalue weighted by Crippen LogP contribution is 2.11. The summed E-state index contributed by atoms with van der Waals surface area (Å²) in [6.45, 7) is 10.9. The zero-order valence-electron chi connectivity index (χ0n) is 9.90. The standard InChI is InChI=1S/C13H19NO2/c1-5-7-11(6-2)8-12(14-9-15)13(16)10(3)4/h5-7,9-10,12H,1-2,8H2,3-4H3,(H,14,15)/b11-7+. The molecule has 3 nitrogen and oxygen atoms in total. The molecule has 0 radical (unpaired) electrons. The predicted octanol–water partition coefficient (Wildman–Crippen LogP) is 2.01. The molecule has 0 aromatic rings. The summed E-state index contributed by atoms with van der Waals surface area (Å²) in [5, 5.41) is 2.53. The number of hydrogen-bond acceptors (Lipinski definition) is 2. The van der Waals surface area contributed by atoms with Crippen LogP contribution < -0.4 is 5.32 Å². The number of nitrogens with one attached hydrogen (secondary N) is 1. The van der Waals surface area contributed by atoms with E-state index in [9.17, 15) is 9.59 Å². The number of carbonyl (C=O) groups excluding carboxylic acids is 2. The maximum Gasteiger partial charge on any atom is 0.207 e. The van der Waals surface area contributed by atoms with E-state index in [0.29, 0.717) is 12.8 Å². The molecule has 0 spiro atoms. The minimum absolute atomic E-state index is 0.0175. The fraction of sp³-hybridized carbons (Fsp3) is 0.385. The second-order valence-corrected chi connectivity index (χ2v) is 3.78. The first kappa shape index (κ1) is 14.4. The van der Waals surface area contributed by atoms with Crippen LogP contribution in [0.1, 0.15) is 20.3 Å². The van der Waals surface area contributed by atoms with Crippen LogP contribution in [-0.4, -0.2) is 18.2 Å². The lowest BCUT2D eigenvalue weighted by Crippen LogP contribution is -2.38. The number of allylic oxidation sites excluding steroid dienone is 3. The Morgan fingerprint density at radius 2 is 2.00 bits per heavy atom. The van der Waals surface area contributed by atoms with E-state index < -0.39 is 6.04 Å². The Bertz CT molecular complexity index is 303. The first-order chi connectivity index (χ1) is 7.56. The number of amides is 1. The van der Waals surface area contributed by atoms with Gasteiger partial charge in [-0.1, -0.05) is 45.2 Å². The molecule has 0 rings (SSSR count). The van der Waals surface area contributed by atoms with E-state index in [4.69, 9.17) is 0 Å². The Morgan fingerprint density at radius 3 is 2.38 bits per heavy atom. The SMILES string of the molecule is C=C/C=C(\C=C)CC(NC=O)C(=O)C(C)C. The van der Waals surface area contributed by atoms with E-state index >= 15 is 0 Å². The van der Waals surface area contributed by atoms with Crippen LogP contribution in [0.5, 0.6) is 0 Å². The van der Waals surface area contributed by atoms with Crippen molar-refractivity contribution in [2.75, 3.05) is 0 Å². The van der Waals surface area contributed by atoms with Crippen LogP contribution in [0, 0.1) is 5.92 Å². The van der Waals surface area contributed by atoms with Crippen molar-refractivity contribution in [3.05, 3.63) is 37.0 Å². The van der Waals surface area contributed by atoms with Crippen LogP contribution in [0.3, 0.4) is 0 Å². The van der Waals surface area contributed by atoms with Crippen LogP contribution in [0.2, 0.25) is 0 Å². The van der Waals surface area contributed by atoms with Crippen LogP contribution in [0.4, 0.5) is 0 Å². The Balaban J connectivity index is 4.72. The maximum atomic E-state index is 11.8. The zero-order valence-corrected chi connectivity index (χ0v) is 9.90. The average molecular weight is 221 g/mol. The lowest BCUT2D eigenvalue weighted by molar-refractivity contribution is -0.126. The Kier molecular flexibility index (Phi) is 6.84. The van der Waals surface area contributed by atoms with Gasteiger partial charge in [-0.15, -0.1) is 0 Å². The van der Waals surface area contributed by atoms with Gasteiger partial charge in [0.1, 0.15) is 0 Å². The number of Topliss-reactive ketones (excluding diaryl/α,β-unsaturated/α-hetero) is 1. The van der Waals surface area contributed by atoms with Crippen molar-refractivity contribution >= 4 is 12.2 Å². The van der Waals surface area contributed by atoms with E-state index in [0.717, 1.165) is 5.57 Å². The lowest BCUT2D eigenvalue weighted by Gasteiger charge is -2.17. The molecule has 0 aliphatic heterocycles. The highest BCUT2D eigenvalue weighted by Gasteiger charge is 2.20. The van der Waals surface area contributed by atoms with Gasteiger partial charge in [-0.2, -0.15) is 0 Å². The van der Waals surface area contributed by atoms with E-state index in [1.807, 2.05) is 13.8 Å². The third-order valence-electron chi connectivity index (χ3n) is 2.22. The van der Waals surface area contributed by atoms with Gasteiger partial charge in [-0.3, -0.25) is 9.59 Å². The van der Waals surface area contributed by atoms with Crippen molar-refractivity contribution in [3.63, 3.8) is 0 Å². The molecular weight excluding hydrogens is 202 g/mol. The zero-order chi connectivity index (χ0) is 12.6. The van der Waals surface area contributed by atoms with Crippen LogP contribution >= 0.6 is 0 Å². The number of hydrogen-bond donors (Lipinski definition) is 1. The predicted molar refractivity (Wildman–Crippen MR) is 65.9 cm³/mol. The minimum Gasteiger partial charge on any atom is -0.349 e. The number of ketones is 1. The lowest BCUT2D eigenvalue weighted by atomic mass is 9.95. The topological polar surface area (TPSA) is 46.2 Å². The fourth-order valence-corrected chi connectivity index (χ4v) is 1.33. The molecule has 0 bridgehead atoms. The molecule has 1 N–H and O–H groups in total. The molecule has 88 valence electrons. The molecule has 0 fully saturated rings. The summed E-state index contributed by atoms with van der Waals surface area (Å²) in [4.78, 5) is 22.2. The molecule has 0 heterocycles. The molecule has 0 saturated carbocycles. The number of rotatable bonds is 8. The van der Waals surface area contributed by atoms with Crippen molar-refractivity contribution < 1.29 is 9.59 Å². The van der Waals surface area contributed by atoms with Gasteiger partial charge in [0, 0.05) is 5.92 Å². The van der Waals surface area contributed by atoms with Gasteiger partial charge in [-0.25, -0.2) is 0 Å². The second-order valence-electron chi connectivity index (χ2n) is 3.78. The summed E-state index contributed by atoms with van der Waals surface area (Å²) < 4.78 is 0. The van der Waals surface area contributed by atoms with Crippen molar-refractivity contribution in [1.29, 1.82) is 0 Å². The average Bonchev–Trinajstić information content (AvgIpc) is 2.26. The Labute approximate surface area is 96.9 Å². The first-order valence-electron chi connectivity index (χ1n) is 5.24. The monoisotopic (exact) mass is 221 g/mol. The smallest absolute Gasteiger partial charge is 0.207 e. The van der Waals surface area contributed by atoms with E-state index in [1.165, 1.54) is 0 Å². The van der Waals surface area contributed by atoms with Gasteiger partial charge in [0.2, 0.25) is 6.41 Å². The van der Waals surface area contributed by atoms with E-state index in [-0.39, 0.29) is 11.7 Å². The summed E-state index contributed by atoms with van der Waals surface area (Å²) in [7, 11) is 0. The van der Waals surface area contributed by atoms with Gasteiger partial charge < -0.3 is 5.32 Å². The van der Waals surface area contributed by atoms with Gasteiger partial charge >= 0.3 is 0 Å². The molecule has 0 aliphatic rings. The quantitative estimate of drug-likeness (QED) is 0.503. The van der Waals surface area contributed by atoms with Crippen LogP contribution in [0.25, 0.3) is 0 Å². The third kappa shape index (κ3) is 4.73. The van der Waals surface area contributed by atoms with Gasteiger partial charge in [-0.05, 0) is 12.0 Å². The summed E-state index contributed by atoms with van der Waals surface area (Å²) in [6, 6.07) is -0.485. The van der Waals surface area contributed by atoms with Gasteiger partial charge in [0.05, 0.1) is 6.04 Å². The number of carbonyl (C=O) groups is 2. The molecule has 1 atom stereocenters. The molecular formula is C13H19NO2. The van der Waals surface area contributed by atoms with E-state index in [1.54, 1.807) is 18.2 Å². The van der Waals surface area contributed by atoms with Crippen LogP contribution in [0.15, 0.2) is 37.0 Å². The molecule has 0 aromatic heterocycles. The van der Waals surface area contributed by atoms with Crippen molar-refractivity contribution in [1.82, 2.24) is 5.32 Å². The summed E-state index contributed by atoms with van der Waals surface area (Å²) in [5.41, 5.74) is 0.878. The molecule has 3 heteroatoms. The molecule has 16 heavy (non-hydrogen) atoms. The summed E-state index contributed by atoms with van der Waals surface area (Å²) in [5.74, 6) is -0.0869. The van der Waals surface area contributed by atoms with Crippen molar-refractivity contribution in [2.45, 2.75) is 26.3 Å². The highest BCUT2D eigenvalue weighted by atomic mass is 16.1.